The lowest BCUT2D eigenvalue weighted by atomic mass is 9.95. The van der Waals surface area contributed by atoms with Gasteiger partial charge in [0.25, 0.3) is 0 Å². The third-order valence-corrected chi connectivity index (χ3v) is 4.38. The molecule has 76 valence electrons. The first kappa shape index (κ1) is 9.68. The summed E-state index contributed by atoms with van der Waals surface area (Å²) >= 11 is 0. The molecular formula is C10H13NO2S. The highest BCUT2D eigenvalue weighted by molar-refractivity contribution is 7.91. The van der Waals surface area contributed by atoms with Crippen LogP contribution in [0.5, 0.6) is 0 Å². The van der Waals surface area contributed by atoms with Crippen molar-refractivity contribution in [3.63, 3.8) is 0 Å². The second-order valence-electron chi connectivity index (χ2n) is 3.76. The number of hydrogen-bond donors (Lipinski definition) is 1. The fourth-order valence-corrected chi connectivity index (χ4v) is 3.86. The fourth-order valence-electron chi connectivity index (χ4n) is 1.92. The highest BCUT2D eigenvalue weighted by Crippen LogP contribution is 2.27. The summed E-state index contributed by atoms with van der Waals surface area (Å²) in [5.41, 5.74) is 6.84. The molecule has 0 saturated carbocycles. The van der Waals surface area contributed by atoms with Crippen molar-refractivity contribution in [1.82, 2.24) is 0 Å². The van der Waals surface area contributed by atoms with Crippen LogP contribution in [-0.4, -0.2) is 26.0 Å². The third kappa shape index (κ3) is 1.81. The fraction of sp³-hybridized carbons (Fsp3) is 0.400. The molecule has 1 aromatic rings. The van der Waals surface area contributed by atoms with E-state index in [1.165, 1.54) is 0 Å². The standard InChI is InChI=1S/C10H13NO2S/c11-10-7-14(12,13)6-9(10)8-4-2-1-3-5-8/h1-5,9-10H,6-7,11H2. The summed E-state index contributed by atoms with van der Waals surface area (Å²) in [6.45, 7) is 0. The zero-order valence-electron chi connectivity index (χ0n) is 7.76. The molecule has 1 fully saturated rings. The molecule has 0 bridgehead atoms. The first-order valence-electron chi connectivity index (χ1n) is 4.59. The maximum absolute atomic E-state index is 11.3. The molecule has 1 heterocycles. The summed E-state index contributed by atoms with van der Waals surface area (Å²) < 4.78 is 22.7. The first-order valence-corrected chi connectivity index (χ1v) is 6.41. The lowest BCUT2D eigenvalue weighted by molar-refractivity contribution is 0.601. The molecule has 0 amide bonds. The Hall–Kier alpha value is -0.870. The minimum absolute atomic E-state index is 0.0267. The molecule has 0 radical (unpaired) electrons. The molecule has 0 aliphatic carbocycles. The van der Waals surface area contributed by atoms with Gasteiger partial charge >= 0.3 is 0 Å². The summed E-state index contributed by atoms with van der Waals surface area (Å²) in [5.74, 6) is 0.284. The molecule has 4 heteroatoms. The smallest absolute Gasteiger partial charge is 0.152 e. The maximum atomic E-state index is 11.3. The average Bonchev–Trinajstić information content (AvgIpc) is 2.41. The van der Waals surface area contributed by atoms with Crippen LogP contribution in [0.1, 0.15) is 11.5 Å². The van der Waals surface area contributed by atoms with Crippen LogP contribution in [-0.2, 0) is 9.84 Å². The second kappa shape index (κ2) is 3.37. The van der Waals surface area contributed by atoms with Gasteiger partial charge in [0.05, 0.1) is 11.5 Å². The van der Waals surface area contributed by atoms with Crippen LogP contribution >= 0.6 is 0 Å². The van der Waals surface area contributed by atoms with E-state index < -0.39 is 9.84 Å². The zero-order valence-corrected chi connectivity index (χ0v) is 8.57. The van der Waals surface area contributed by atoms with Crippen molar-refractivity contribution in [3.8, 4) is 0 Å². The van der Waals surface area contributed by atoms with Crippen LogP contribution in [0.4, 0.5) is 0 Å². The Morgan fingerprint density at radius 2 is 1.79 bits per heavy atom. The van der Waals surface area contributed by atoms with Gasteiger partial charge in [0.15, 0.2) is 9.84 Å². The van der Waals surface area contributed by atoms with Crippen LogP contribution in [0.3, 0.4) is 0 Å². The number of benzene rings is 1. The Kier molecular flexibility index (Phi) is 2.33. The van der Waals surface area contributed by atoms with Gasteiger partial charge in [-0.25, -0.2) is 8.42 Å². The molecule has 1 saturated heterocycles. The zero-order chi connectivity index (χ0) is 10.2. The van der Waals surface area contributed by atoms with Crippen LogP contribution in [0.15, 0.2) is 30.3 Å². The Morgan fingerprint density at radius 3 is 2.29 bits per heavy atom. The molecule has 0 spiro atoms. The van der Waals surface area contributed by atoms with Crippen molar-refractivity contribution in [3.05, 3.63) is 35.9 Å². The predicted octanol–water partition coefficient (Wildman–Crippen LogP) is 0.526. The van der Waals surface area contributed by atoms with Crippen molar-refractivity contribution in [2.45, 2.75) is 12.0 Å². The summed E-state index contributed by atoms with van der Waals surface area (Å²) in [7, 11) is -2.92. The minimum atomic E-state index is -2.92. The molecule has 2 rings (SSSR count). The second-order valence-corrected chi connectivity index (χ2v) is 5.91. The summed E-state index contributed by atoms with van der Waals surface area (Å²) in [6.07, 6.45) is 0. The van der Waals surface area contributed by atoms with Crippen molar-refractivity contribution in [2.24, 2.45) is 5.73 Å². The summed E-state index contributed by atoms with van der Waals surface area (Å²) in [5, 5.41) is 0. The number of rotatable bonds is 1. The van der Waals surface area contributed by atoms with E-state index in [4.69, 9.17) is 5.73 Å². The van der Waals surface area contributed by atoms with E-state index >= 15 is 0 Å². The number of nitrogens with two attached hydrogens (primary N) is 1. The highest BCUT2D eigenvalue weighted by atomic mass is 32.2. The van der Waals surface area contributed by atoms with Crippen molar-refractivity contribution in [1.29, 1.82) is 0 Å². The Balaban J connectivity index is 2.30. The van der Waals surface area contributed by atoms with Gasteiger partial charge in [0.1, 0.15) is 0 Å². The van der Waals surface area contributed by atoms with Crippen molar-refractivity contribution < 1.29 is 8.42 Å². The number of sulfone groups is 1. The van der Waals surface area contributed by atoms with Gasteiger partial charge in [-0.1, -0.05) is 30.3 Å². The lowest BCUT2D eigenvalue weighted by Crippen LogP contribution is -2.27. The predicted molar refractivity (Wildman–Crippen MR) is 55.8 cm³/mol. The van der Waals surface area contributed by atoms with E-state index in [1.54, 1.807) is 0 Å². The van der Waals surface area contributed by atoms with E-state index in [1.807, 2.05) is 30.3 Å². The molecule has 3 nitrogen and oxygen atoms in total. The Labute approximate surface area is 83.9 Å². The van der Waals surface area contributed by atoms with Gasteiger partial charge in [-0.05, 0) is 5.56 Å². The molecule has 1 aliphatic rings. The molecule has 1 aromatic carbocycles. The van der Waals surface area contributed by atoms with Crippen LogP contribution < -0.4 is 5.73 Å². The topological polar surface area (TPSA) is 60.2 Å². The first-order chi connectivity index (χ1) is 6.58. The van der Waals surface area contributed by atoms with E-state index in [9.17, 15) is 8.42 Å². The average molecular weight is 211 g/mol. The van der Waals surface area contributed by atoms with Gasteiger partial charge in [0.2, 0.25) is 0 Å². The van der Waals surface area contributed by atoms with E-state index in [0.717, 1.165) is 5.56 Å². The lowest BCUT2D eigenvalue weighted by Gasteiger charge is -2.12. The van der Waals surface area contributed by atoms with Gasteiger partial charge in [-0.2, -0.15) is 0 Å². The quantitative estimate of drug-likeness (QED) is 0.737. The highest BCUT2D eigenvalue weighted by Gasteiger charge is 2.35. The number of hydrogen-bond acceptors (Lipinski definition) is 3. The van der Waals surface area contributed by atoms with Gasteiger partial charge in [0, 0.05) is 12.0 Å². The molecule has 14 heavy (non-hydrogen) atoms. The van der Waals surface area contributed by atoms with Crippen molar-refractivity contribution in [2.75, 3.05) is 11.5 Å². The molecule has 2 N–H and O–H groups in total. The molecule has 2 atom stereocenters. The Bertz CT molecular complexity index is 413. The van der Waals surface area contributed by atoms with Gasteiger partial charge < -0.3 is 5.73 Å². The van der Waals surface area contributed by atoms with E-state index in [0.29, 0.717) is 0 Å². The van der Waals surface area contributed by atoms with E-state index in [-0.39, 0.29) is 23.5 Å². The molecule has 1 aliphatic heterocycles. The molecule has 0 aromatic heterocycles. The van der Waals surface area contributed by atoms with Crippen LogP contribution in [0.2, 0.25) is 0 Å². The molecule has 2 unspecified atom stereocenters. The summed E-state index contributed by atoms with van der Waals surface area (Å²) in [4.78, 5) is 0. The van der Waals surface area contributed by atoms with Crippen molar-refractivity contribution >= 4 is 9.84 Å². The molecular weight excluding hydrogens is 198 g/mol. The monoisotopic (exact) mass is 211 g/mol. The third-order valence-electron chi connectivity index (χ3n) is 2.62. The van der Waals surface area contributed by atoms with E-state index in [2.05, 4.69) is 0 Å². The Morgan fingerprint density at radius 1 is 1.14 bits per heavy atom. The SMILES string of the molecule is NC1CS(=O)(=O)CC1c1ccccc1. The van der Waals surface area contributed by atoms with Gasteiger partial charge in [-0.3, -0.25) is 0 Å². The minimum Gasteiger partial charge on any atom is -0.326 e. The summed E-state index contributed by atoms with van der Waals surface area (Å²) in [6, 6.07) is 9.36. The van der Waals surface area contributed by atoms with Gasteiger partial charge in [-0.15, -0.1) is 0 Å². The van der Waals surface area contributed by atoms with Crippen LogP contribution in [0, 0.1) is 0 Å². The van der Waals surface area contributed by atoms with Crippen LogP contribution in [0.25, 0.3) is 0 Å². The normalized spacial score (nSPS) is 30.4. The maximum Gasteiger partial charge on any atom is 0.152 e. The largest absolute Gasteiger partial charge is 0.326 e.